The first-order chi connectivity index (χ1) is 30.1. The third-order valence-electron chi connectivity index (χ3n) is 12.1. The monoisotopic (exact) mass is 877 g/mol. The molecule has 1 N–H and O–H groups in total. The number of aliphatic carboxylic acids is 1. The van der Waals surface area contributed by atoms with Gasteiger partial charge in [0.2, 0.25) is 0 Å². The van der Waals surface area contributed by atoms with Crippen molar-refractivity contribution in [2.45, 2.75) is 264 Å². The van der Waals surface area contributed by atoms with Crippen LogP contribution in [0.3, 0.4) is 0 Å². The van der Waals surface area contributed by atoms with Gasteiger partial charge in [0.25, 0.3) is 0 Å². The van der Waals surface area contributed by atoms with Gasteiger partial charge in [0, 0.05) is 19.3 Å². The first-order valence-electron chi connectivity index (χ1n) is 26.4. The standard InChI is InChI=1S/C54H101NO7/c1-6-8-10-12-14-16-18-20-22-24-25-26-27-29-30-32-34-36-38-40-42-44-52(56)61-49-50(48-60-47-46-51(54(58)59)55(3,4)5)62-53(57)45-43-41-39-37-35-33-31-28-23-21-19-17-15-13-11-9-7-2/h21,23,26-27,50-51H,6-20,22,24-25,28-49H2,1-5H3/p+1/b23-21+,27-26+. The van der Waals surface area contributed by atoms with Crippen molar-refractivity contribution < 1.29 is 38.2 Å². The van der Waals surface area contributed by atoms with E-state index in [4.69, 9.17) is 14.2 Å². The first kappa shape index (κ1) is 59.8. The van der Waals surface area contributed by atoms with Gasteiger partial charge in [0.05, 0.1) is 34.4 Å². The average Bonchev–Trinajstić information content (AvgIpc) is 3.23. The predicted octanol–water partition coefficient (Wildman–Crippen LogP) is 15.2. The second-order valence-corrected chi connectivity index (χ2v) is 19.1. The molecule has 2 atom stereocenters. The number of likely N-dealkylation sites (N-methyl/N-ethyl adjacent to an activating group) is 1. The summed E-state index contributed by atoms with van der Waals surface area (Å²) in [5.74, 6) is -1.46. The van der Waals surface area contributed by atoms with E-state index in [0.717, 1.165) is 38.5 Å². The largest absolute Gasteiger partial charge is 0.477 e. The number of carboxylic acids is 1. The lowest BCUT2D eigenvalue weighted by molar-refractivity contribution is -0.887. The Balaban J connectivity index is 4.21. The fourth-order valence-electron chi connectivity index (χ4n) is 7.97. The molecule has 0 aromatic carbocycles. The van der Waals surface area contributed by atoms with Crippen molar-refractivity contribution in [3.63, 3.8) is 0 Å². The fraction of sp³-hybridized carbons (Fsp3) is 0.870. The molecule has 0 bridgehead atoms. The summed E-state index contributed by atoms with van der Waals surface area (Å²) in [5.41, 5.74) is 0. The number of esters is 2. The Morgan fingerprint density at radius 2 is 0.806 bits per heavy atom. The second-order valence-electron chi connectivity index (χ2n) is 19.1. The highest BCUT2D eigenvalue weighted by Gasteiger charge is 2.31. The van der Waals surface area contributed by atoms with Crippen LogP contribution in [-0.2, 0) is 28.6 Å². The van der Waals surface area contributed by atoms with Crippen LogP contribution in [0.25, 0.3) is 0 Å². The van der Waals surface area contributed by atoms with Crippen LogP contribution in [-0.4, -0.2) is 80.6 Å². The highest BCUT2D eigenvalue weighted by Crippen LogP contribution is 2.16. The van der Waals surface area contributed by atoms with E-state index in [9.17, 15) is 19.5 Å². The topological polar surface area (TPSA) is 99.1 Å². The first-order valence-corrected chi connectivity index (χ1v) is 26.4. The highest BCUT2D eigenvalue weighted by atomic mass is 16.6. The molecule has 0 aliphatic carbocycles. The number of carboxylic acid groups (broad SMARTS) is 1. The van der Waals surface area contributed by atoms with Gasteiger partial charge in [0.1, 0.15) is 6.61 Å². The van der Waals surface area contributed by atoms with E-state index in [2.05, 4.69) is 38.2 Å². The molecule has 0 radical (unpaired) electrons. The van der Waals surface area contributed by atoms with E-state index in [-0.39, 0.29) is 36.2 Å². The van der Waals surface area contributed by atoms with E-state index in [1.165, 1.54) is 180 Å². The lowest BCUT2D eigenvalue weighted by Crippen LogP contribution is -2.50. The maximum atomic E-state index is 12.8. The number of ether oxygens (including phenoxy) is 3. The summed E-state index contributed by atoms with van der Waals surface area (Å²) < 4.78 is 17.4. The third kappa shape index (κ3) is 43.1. The zero-order valence-electron chi connectivity index (χ0n) is 41.6. The van der Waals surface area contributed by atoms with Crippen molar-refractivity contribution in [1.82, 2.24) is 0 Å². The molecule has 62 heavy (non-hydrogen) atoms. The number of unbranched alkanes of at least 4 members (excludes halogenated alkanes) is 30. The molecule has 8 nitrogen and oxygen atoms in total. The molecule has 364 valence electrons. The maximum absolute atomic E-state index is 12.8. The van der Waals surface area contributed by atoms with E-state index in [1.807, 2.05) is 21.1 Å². The minimum absolute atomic E-state index is 0.0514. The van der Waals surface area contributed by atoms with Crippen molar-refractivity contribution >= 4 is 17.9 Å². The van der Waals surface area contributed by atoms with E-state index in [0.29, 0.717) is 19.3 Å². The summed E-state index contributed by atoms with van der Waals surface area (Å²) >= 11 is 0. The Morgan fingerprint density at radius 1 is 0.468 bits per heavy atom. The van der Waals surface area contributed by atoms with Crippen molar-refractivity contribution in [1.29, 1.82) is 0 Å². The molecule has 0 fully saturated rings. The van der Waals surface area contributed by atoms with Crippen LogP contribution in [0.4, 0.5) is 0 Å². The lowest BCUT2D eigenvalue weighted by Gasteiger charge is -2.31. The summed E-state index contributed by atoms with van der Waals surface area (Å²) in [4.78, 5) is 37.2. The van der Waals surface area contributed by atoms with E-state index >= 15 is 0 Å². The van der Waals surface area contributed by atoms with Crippen molar-refractivity contribution in [2.75, 3.05) is 41.0 Å². The number of rotatable bonds is 48. The quantitative estimate of drug-likeness (QED) is 0.0281. The molecule has 0 aromatic heterocycles. The van der Waals surface area contributed by atoms with Crippen LogP contribution in [0.1, 0.15) is 251 Å². The van der Waals surface area contributed by atoms with Crippen molar-refractivity contribution in [3.05, 3.63) is 24.3 Å². The molecule has 0 aliphatic rings. The van der Waals surface area contributed by atoms with Gasteiger partial charge < -0.3 is 23.8 Å². The second kappa shape index (κ2) is 45.4. The van der Waals surface area contributed by atoms with Gasteiger partial charge in [-0.25, -0.2) is 4.79 Å². The number of quaternary nitrogens is 1. The predicted molar refractivity (Wildman–Crippen MR) is 262 cm³/mol. The fourth-order valence-corrected chi connectivity index (χ4v) is 7.97. The zero-order valence-corrected chi connectivity index (χ0v) is 41.6. The average molecular weight is 877 g/mol. The molecule has 0 aliphatic heterocycles. The number of hydrogen-bond donors (Lipinski definition) is 1. The summed E-state index contributed by atoms with van der Waals surface area (Å²) in [6, 6.07) is -0.614. The van der Waals surface area contributed by atoms with Crippen LogP contribution in [0.15, 0.2) is 24.3 Å². The van der Waals surface area contributed by atoms with Crippen LogP contribution >= 0.6 is 0 Å². The Bertz CT molecular complexity index is 1070. The molecule has 8 heteroatoms. The van der Waals surface area contributed by atoms with Gasteiger partial charge in [-0.2, -0.15) is 0 Å². The maximum Gasteiger partial charge on any atom is 0.362 e. The van der Waals surface area contributed by atoms with Gasteiger partial charge in [-0.1, -0.05) is 192 Å². The molecule has 0 amide bonds. The molecular formula is C54H102NO7+. The number of nitrogens with zero attached hydrogens (tertiary/aromatic N) is 1. The molecule has 2 unspecified atom stereocenters. The molecule has 0 heterocycles. The highest BCUT2D eigenvalue weighted by molar-refractivity contribution is 5.72. The minimum Gasteiger partial charge on any atom is -0.477 e. The van der Waals surface area contributed by atoms with Crippen LogP contribution < -0.4 is 0 Å². The lowest BCUT2D eigenvalue weighted by atomic mass is 10.1. The van der Waals surface area contributed by atoms with Gasteiger partial charge in [-0.15, -0.1) is 0 Å². The minimum atomic E-state index is -0.873. The zero-order chi connectivity index (χ0) is 45.6. The van der Waals surface area contributed by atoms with Crippen molar-refractivity contribution in [2.24, 2.45) is 0 Å². The summed E-state index contributed by atoms with van der Waals surface area (Å²) in [6.07, 6.45) is 52.3. The van der Waals surface area contributed by atoms with Gasteiger partial charge in [0.15, 0.2) is 12.1 Å². The SMILES string of the molecule is CCCCCCCC/C=C/CCCCCCCCCC(=O)OC(COCCC(C(=O)O)[N+](C)(C)C)COC(=O)CCCCCCCCC/C=C/CCCCCCCCCCCC. The smallest absolute Gasteiger partial charge is 0.362 e. The van der Waals surface area contributed by atoms with E-state index < -0.39 is 18.1 Å². The van der Waals surface area contributed by atoms with Crippen molar-refractivity contribution in [3.8, 4) is 0 Å². The van der Waals surface area contributed by atoms with Crippen LogP contribution in [0.5, 0.6) is 0 Å². The summed E-state index contributed by atoms with van der Waals surface area (Å²) in [6.45, 7) is 4.76. The number of allylic oxidation sites excluding steroid dienone is 4. The number of carbonyl (C=O) groups is 3. The molecule has 0 spiro atoms. The third-order valence-corrected chi connectivity index (χ3v) is 12.1. The Kier molecular flexibility index (Phi) is 43.8. The van der Waals surface area contributed by atoms with Crippen LogP contribution in [0.2, 0.25) is 0 Å². The Labute approximate surface area is 383 Å². The molecule has 0 aromatic rings. The van der Waals surface area contributed by atoms with Crippen LogP contribution in [0, 0.1) is 0 Å². The molecule has 0 saturated heterocycles. The molecular weight excluding hydrogens is 775 g/mol. The van der Waals surface area contributed by atoms with Gasteiger partial charge >= 0.3 is 17.9 Å². The van der Waals surface area contributed by atoms with E-state index in [1.54, 1.807) is 0 Å². The normalized spacial score (nSPS) is 13.0. The summed E-state index contributed by atoms with van der Waals surface area (Å²) in [5, 5.41) is 9.65. The Hall–Kier alpha value is -2.19. The Morgan fingerprint density at radius 3 is 1.16 bits per heavy atom. The number of hydrogen-bond acceptors (Lipinski definition) is 6. The molecule has 0 saturated carbocycles. The molecule has 0 rings (SSSR count). The van der Waals surface area contributed by atoms with Gasteiger partial charge in [-0.3, -0.25) is 9.59 Å². The summed E-state index contributed by atoms with van der Waals surface area (Å²) in [7, 11) is 5.54. The number of carbonyl (C=O) groups excluding carboxylic acids is 2. The van der Waals surface area contributed by atoms with Gasteiger partial charge in [-0.05, 0) is 64.2 Å².